The first-order valence-electron chi connectivity index (χ1n) is 4.90. The third-order valence-electron chi connectivity index (χ3n) is 1.85. The van der Waals surface area contributed by atoms with Crippen LogP contribution >= 0.6 is 0 Å². The summed E-state index contributed by atoms with van der Waals surface area (Å²) in [4.78, 5) is 4.23. The zero-order chi connectivity index (χ0) is 10.7. The predicted molar refractivity (Wildman–Crippen MR) is 57.6 cm³/mol. The minimum atomic E-state index is 0.0874. The molecule has 4 heteroatoms. The summed E-state index contributed by atoms with van der Waals surface area (Å²) in [5.41, 5.74) is 1.00. The summed E-state index contributed by atoms with van der Waals surface area (Å²) >= 11 is 0. The van der Waals surface area contributed by atoms with Crippen molar-refractivity contribution in [1.29, 1.82) is 0 Å². The second kappa shape index (κ2) is 4.13. The highest BCUT2D eigenvalue weighted by Crippen LogP contribution is 2.16. The van der Waals surface area contributed by atoms with Crippen molar-refractivity contribution in [3.8, 4) is 17.4 Å². The number of H-pyrrole nitrogens is 1. The van der Waals surface area contributed by atoms with Crippen LogP contribution in [0.3, 0.4) is 0 Å². The van der Waals surface area contributed by atoms with Gasteiger partial charge in [0.25, 0.3) is 0 Å². The number of ether oxygens (including phenoxy) is 1. The van der Waals surface area contributed by atoms with E-state index in [9.17, 15) is 0 Å². The minimum absolute atomic E-state index is 0.0874. The van der Waals surface area contributed by atoms with Gasteiger partial charge in [-0.1, -0.05) is 30.3 Å². The van der Waals surface area contributed by atoms with Crippen LogP contribution < -0.4 is 4.74 Å². The number of aromatic nitrogens is 3. The number of hydrogen-bond acceptors (Lipinski definition) is 3. The van der Waals surface area contributed by atoms with Gasteiger partial charge < -0.3 is 4.74 Å². The van der Waals surface area contributed by atoms with Gasteiger partial charge in [0.15, 0.2) is 5.82 Å². The van der Waals surface area contributed by atoms with Crippen LogP contribution in [0, 0.1) is 0 Å². The lowest BCUT2D eigenvalue weighted by Crippen LogP contribution is -2.06. The fourth-order valence-electron chi connectivity index (χ4n) is 1.24. The smallest absolute Gasteiger partial charge is 0.336 e. The molecule has 2 aromatic rings. The maximum atomic E-state index is 5.36. The Morgan fingerprint density at radius 1 is 1.20 bits per heavy atom. The maximum absolute atomic E-state index is 5.36. The molecule has 1 aromatic carbocycles. The molecule has 0 fully saturated rings. The summed E-state index contributed by atoms with van der Waals surface area (Å²) in [6.45, 7) is 3.89. The van der Waals surface area contributed by atoms with Gasteiger partial charge in [-0.05, 0) is 13.8 Å². The minimum Gasteiger partial charge on any atom is -0.460 e. The van der Waals surface area contributed by atoms with Gasteiger partial charge in [-0.2, -0.15) is 4.98 Å². The first kappa shape index (κ1) is 9.71. The molecule has 0 atom stereocenters. The van der Waals surface area contributed by atoms with Gasteiger partial charge in [0.2, 0.25) is 0 Å². The Bertz CT molecular complexity index is 422. The molecule has 0 aliphatic rings. The molecule has 1 aromatic heterocycles. The highest BCUT2D eigenvalue weighted by atomic mass is 16.5. The van der Waals surface area contributed by atoms with E-state index in [1.807, 2.05) is 44.2 Å². The van der Waals surface area contributed by atoms with Crippen molar-refractivity contribution in [2.75, 3.05) is 0 Å². The van der Waals surface area contributed by atoms with E-state index in [4.69, 9.17) is 4.74 Å². The first-order valence-corrected chi connectivity index (χ1v) is 4.90. The van der Waals surface area contributed by atoms with E-state index < -0.39 is 0 Å². The van der Waals surface area contributed by atoms with E-state index in [0.29, 0.717) is 6.01 Å². The molecule has 0 saturated heterocycles. The lowest BCUT2D eigenvalue weighted by atomic mass is 10.2. The Balaban J connectivity index is 2.21. The Hall–Kier alpha value is -1.84. The highest BCUT2D eigenvalue weighted by Gasteiger charge is 2.06. The van der Waals surface area contributed by atoms with Crippen molar-refractivity contribution in [3.63, 3.8) is 0 Å². The van der Waals surface area contributed by atoms with E-state index in [1.54, 1.807) is 0 Å². The molecule has 0 saturated carbocycles. The Kier molecular flexibility index (Phi) is 2.67. The van der Waals surface area contributed by atoms with Gasteiger partial charge in [-0.3, -0.25) is 5.10 Å². The summed E-state index contributed by atoms with van der Waals surface area (Å²) in [7, 11) is 0. The molecular weight excluding hydrogens is 190 g/mol. The molecule has 1 N–H and O–H groups in total. The molecule has 1 heterocycles. The van der Waals surface area contributed by atoms with Crippen LogP contribution in [0.15, 0.2) is 30.3 Å². The van der Waals surface area contributed by atoms with Gasteiger partial charge in [0, 0.05) is 5.56 Å². The van der Waals surface area contributed by atoms with E-state index >= 15 is 0 Å². The molecule has 4 nitrogen and oxygen atoms in total. The fraction of sp³-hybridized carbons (Fsp3) is 0.273. The van der Waals surface area contributed by atoms with Crippen LogP contribution in [0.5, 0.6) is 6.01 Å². The third-order valence-corrected chi connectivity index (χ3v) is 1.85. The van der Waals surface area contributed by atoms with E-state index in [0.717, 1.165) is 11.4 Å². The zero-order valence-electron chi connectivity index (χ0n) is 8.77. The SMILES string of the molecule is CC(C)Oc1n[nH]c(-c2ccccc2)n1. The molecule has 0 aliphatic carbocycles. The van der Waals surface area contributed by atoms with Crippen molar-refractivity contribution in [3.05, 3.63) is 30.3 Å². The quantitative estimate of drug-likeness (QED) is 0.832. The Morgan fingerprint density at radius 2 is 1.93 bits per heavy atom. The molecule has 0 radical (unpaired) electrons. The summed E-state index contributed by atoms with van der Waals surface area (Å²) < 4.78 is 5.36. The normalized spacial score (nSPS) is 10.6. The number of benzene rings is 1. The molecule has 0 aliphatic heterocycles. The Labute approximate surface area is 88.3 Å². The summed E-state index contributed by atoms with van der Waals surface area (Å²) in [6, 6.07) is 10.2. The standard InChI is InChI=1S/C11H13N3O/c1-8(2)15-11-12-10(13-14-11)9-6-4-3-5-7-9/h3-8H,1-2H3,(H,12,13,14). The van der Waals surface area contributed by atoms with E-state index in [2.05, 4.69) is 15.2 Å². The average Bonchev–Trinajstić information content (AvgIpc) is 2.67. The second-order valence-corrected chi connectivity index (χ2v) is 3.50. The van der Waals surface area contributed by atoms with Gasteiger partial charge in [-0.15, -0.1) is 5.10 Å². The lowest BCUT2D eigenvalue weighted by Gasteiger charge is -2.02. The van der Waals surface area contributed by atoms with Crippen molar-refractivity contribution < 1.29 is 4.74 Å². The summed E-state index contributed by atoms with van der Waals surface area (Å²) in [6.07, 6.45) is 0.0874. The van der Waals surface area contributed by atoms with Crippen molar-refractivity contribution in [2.45, 2.75) is 20.0 Å². The summed E-state index contributed by atoms with van der Waals surface area (Å²) in [5, 5.41) is 6.82. The topological polar surface area (TPSA) is 50.8 Å². The molecule has 2 rings (SSSR count). The predicted octanol–water partition coefficient (Wildman–Crippen LogP) is 2.26. The number of nitrogens with one attached hydrogen (secondary N) is 1. The highest BCUT2D eigenvalue weighted by molar-refractivity contribution is 5.54. The van der Waals surface area contributed by atoms with Crippen LogP contribution in [-0.2, 0) is 0 Å². The molecule has 15 heavy (non-hydrogen) atoms. The maximum Gasteiger partial charge on any atom is 0.336 e. The van der Waals surface area contributed by atoms with Gasteiger partial charge in [0.05, 0.1) is 6.10 Å². The second-order valence-electron chi connectivity index (χ2n) is 3.50. The van der Waals surface area contributed by atoms with Crippen LogP contribution in [0.2, 0.25) is 0 Å². The van der Waals surface area contributed by atoms with Crippen molar-refractivity contribution >= 4 is 0 Å². The van der Waals surface area contributed by atoms with Crippen LogP contribution in [0.25, 0.3) is 11.4 Å². The molecule has 0 amide bonds. The number of nitrogens with zero attached hydrogens (tertiary/aromatic N) is 2. The van der Waals surface area contributed by atoms with Gasteiger partial charge in [-0.25, -0.2) is 0 Å². The monoisotopic (exact) mass is 203 g/mol. The molecule has 78 valence electrons. The number of rotatable bonds is 3. The van der Waals surface area contributed by atoms with Gasteiger partial charge >= 0.3 is 6.01 Å². The van der Waals surface area contributed by atoms with Crippen LogP contribution in [-0.4, -0.2) is 21.3 Å². The molecule has 0 spiro atoms. The van der Waals surface area contributed by atoms with Crippen LogP contribution in [0.4, 0.5) is 0 Å². The largest absolute Gasteiger partial charge is 0.460 e. The molecular formula is C11H13N3O. The average molecular weight is 203 g/mol. The van der Waals surface area contributed by atoms with Crippen molar-refractivity contribution in [2.24, 2.45) is 0 Å². The summed E-state index contributed by atoms with van der Waals surface area (Å²) in [5.74, 6) is 0.728. The van der Waals surface area contributed by atoms with Crippen molar-refractivity contribution in [1.82, 2.24) is 15.2 Å². The van der Waals surface area contributed by atoms with Crippen LogP contribution in [0.1, 0.15) is 13.8 Å². The van der Waals surface area contributed by atoms with E-state index in [1.165, 1.54) is 0 Å². The molecule has 0 bridgehead atoms. The number of aromatic amines is 1. The molecule has 0 unspecified atom stereocenters. The lowest BCUT2D eigenvalue weighted by molar-refractivity contribution is 0.223. The first-order chi connectivity index (χ1) is 7.25. The third kappa shape index (κ3) is 2.34. The van der Waals surface area contributed by atoms with Gasteiger partial charge in [0.1, 0.15) is 0 Å². The zero-order valence-corrected chi connectivity index (χ0v) is 8.77. The number of hydrogen-bond donors (Lipinski definition) is 1. The Morgan fingerprint density at radius 3 is 2.60 bits per heavy atom. The fourth-order valence-corrected chi connectivity index (χ4v) is 1.24. The van der Waals surface area contributed by atoms with E-state index in [-0.39, 0.29) is 6.10 Å².